The summed E-state index contributed by atoms with van der Waals surface area (Å²) >= 11 is 0. The normalized spacial score (nSPS) is 12.4. The lowest BCUT2D eigenvalue weighted by Gasteiger charge is -2.13. The van der Waals surface area contributed by atoms with Gasteiger partial charge in [-0.05, 0) is 23.6 Å². The van der Waals surface area contributed by atoms with Crippen LogP contribution in [0.2, 0.25) is 0 Å². The van der Waals surface area contributed by atoms with E-state index in [9.17, 15) is 0 Å². The number of aryl methyl sites for hydroxylation is 1. The minimum atomic E-state index is 0.0853. The fourth-order valence-electron chi connectivity index (χ4n) is 1.87. The Bertz CT molecular complexity index is 451. The first-order chi connectivity index (χ1) is 8.35. The smallest absolute Gasteiger partial charge is 0.136 e. The summed E-state index contributed by atoms with van der Waals surface area (Å²) in [5, 5.41) is 0. The molecule has 1 atom stereocenters. The van der Waals surface area contributed by atoms with Crippen LogP contribution in [-0.2, 0) is 6.42 Å². The molecule has 0 saturated carbocycles. The van der Waals surface area contributed by atoms with E-state index in [0.29, 0.717) is 6.54 Å². The monoisotopic (exact) mass is 227 g/mol. The molecule has 17 heavy (non-hydrogen) atoms. The van der Waals surface area contributed by atoms with Gasteiger partial charge in [0, 0.05) is 18.9 Å². The Balaban J connectivity index is 2.29. The first-order valence-corrected chi connectivity index (χ1v) is 5.91. The molecular weight excluding hydrogens is 210 g/mol. The molecule has 0 aliphatic carbocycles. The second kappa shape index (κ2) is 5.55. The van der Waals surface area contributed by atoms with Crippen LogP contribution in [0, 0.1) is 0 Å². The second-order valence-corrected chi connectivity index (χ2v) is 3.99. The molecule has 88 valence electrons. The number of hydrogen-bond donors (Lipinski definition) is 1. The molecule has 0 fully saturated rings. The fourth-order valence-corrected chi connectivity index (χ4v) is 1.87. The van der Waals surface area contributed by atoms with Crippen LogP contribution in [-0.4, -0.2) is 16.5 Å². The van der Waals surface area contributed by atoms with E-state index in [0.717, 1.165) is 12.2 Å². The minimum Gasteiger partial charge on any atom is -0.329 e. The highest BCUT2D eigenvalue weighted by Crippen LogP contribution is 2.20. The zero-order valence-corrected chi connectivity index (χ0v) is 10.0. The summed E-state index contributed by atoms with van der Waals surface area (Å²) in [5.74, 6) is 0.876. The highest BCUT2D eigenvalue weighted by Gasteiger charge is 2.14. The Kier molecular flexibility index (Phi) is 3.83. The van der Waals surface area contributed by atoms with Crippen molar-refractivity contribution in [1.29, 1.82) is 0 Å². The fraction of sp³-hybridized carbons (Fsp3) is 0.286. The summed E-state index contributed by atoms with van der Waals surface area (Å²) in [5.41, 5.74) is 8.34. The van der Waals surface area contributed by atoms with Gasteiger partial charge in [0.15, 0.2) is 0 Å². The van der Waals surface area contributed by atoms with Gasteiger partial charge in [-0.25, -0.2) is 9.97 Å². The molecule has 1 aromatic heterocycles. The number of hydrogen-bond acceptors (Lipinski definition) is 3. The van der Waals surface area contributed by atoms with Gasteiger partial charge < -0.3 is 5.73 Å². The summed E-state index contributed by atoms with van der Waals surface area (Å²) in [7, 11) is 0. The lowest BCUT2D eigenvalue weighted by atomic mass is 9.97. The summed E-state index contributed by atoms with van der Waals surface area (Å²) < 4.78 is 0. The van der Waals surface area contributed by atoms with E-state index >= 15 is 0 Å². The molecule has 3 heteroatoms. The number of nitrogens with zero attached hydrogens (tertiary/aromatic N) is 2. The van der Waals surface area contributed by atoms with Gasteiger partial charge in [0.1, 0.15) is 5.82 Å². The summed E-state index contributed by atoms with van der Waals surface area (Å²) in [6.45, 7) is 2.67. The minimum absolute atomic E-state index is 0.0853. The maximum absolute atomic E-state index is 5.83. The first-order valence-electron chi connectivity index (χ1n) is 5.91. The van der Waals surface area contributed by atoms with Gasteiger partial charge in [0.05, 0.1) is 5.92 Å². The van der Waals surface area contributed by atoms with Crippen molar-refractivity contribution in [1.82, 2.24) is 9.97 Å². The van der Waals surface area contributed by atoms with Crippen LogP contribution in [0.4, 0.5) is 0 Å². The van der Waals surface area contributed by atoms with Gasteiger partial charge in [0.25, 0.3) is 0 Å². The molecule has 1 heterocycles. The quantitative estimate of drug-likeness (QED) is 0.870. The lowest BCUT2D eigenvalue weighted by Crippen LogP contribution is -2.16. The highest BCUT2D eigenvalue weighted by atomic mass is 14.9. The average Bonchev–Trinajstić information content (AvgIpc) is 2.42. The van der Waals surface area contributed by atoms with Crippen molar-refractivity contribution in [3.8, 4) is 0 Å². The molecule has 0 bridgehead atoms. The van der Waals surface area contributed by atoms with Crippen LogP contribution >= 0.6 is 0 Å². The van der Waals surface area contributed by atoms with E-state index < -0.39 is 0 Å². The van der Waals surface area contributed by atoms with Crippen molar-refractivity contribution in [3.05, 3.63) is 59.7 Å². The molecule has 0 aliphatic heterocycles. The summed E-state index contributed by atoms with van der Waals surface area (Å²) in [6.07, 6.45) is 4.56. The lowest BCUT2D eigenvalue weighted by molar-refractivity contribution is 0.749. The SMILES string of the molecule is CCc1ccc(C(CN)c2ncccn2)cc1. The highest BCUT2D eigenvalue weighted by molar-refractivity contribution is 5.29. The molecule has 2 aromatic rings. The van der Waals surface area contributed by atoms with Crippen LogP contribution in [0.15, 0.2) is 42.7 Å². The number of nitrogens with two attached hydrogens (primary N) is 1. The van der Waals surface area contributed by atoms with Gasteiger partial charge in [0.2, 0.25) is 0 Å². The zero-order chi connectivity index (χ0) is 12.1. The molecule has 0 radical (unpaired) electrons. The maximum atomic E-state index is 5.83. The van der Waals surface area contributed by atoms with Gasteiger partial charge >= 0.3 is 0 Å². The first kappa shape index (κ1) is 11.7. The Labute approximate surface area is 102 Å². The third-order valence-corrected chi connectivity index (χ3v) is 2.92. The summed E-state index contributed by atoms with van der Waals surface area (Å²) in [6, 6.07) is 10.3. The van der Waals surface area contributed by atoms with Gasteiger partial charge in [-0.1, -0.05) is 31.2 Å². The third kappa shape index (κ3) is 2.68. The van der Waals surface area contributed by atoms with E-state index in [2.05, 4.69) is 41.2 Å². The van der Waals surface area contributed by atoms with Crippen LogP contribution in [0.25, 0.3) is 0 Å². The van der Waals surface area contributed by atoms with Crippen molar-refractivity contribution < 1.29 is 0 Å². The Hall–Kier alpha value is -1.74. The van der Waals surface area contributed by atoms with E-state index in [1.807, 2.05) is 6.07 Å². The van der Waals surface area contributed by atoms with Gasteiger partial charge in [-0.2, -0.15) is 0 Å². The number of rotatable bonds is 4. The molecule has 0 saturated heterocycles. The van der Waals surface area contributed by atoms with E-state index in [4.69, 9.17) is 5.73 Å². The predicted octanol–water partition coefficient (Wildman–Crippen LogP) is 2.13. The molecule has 3 nitrogen and oxygen atoms in total. The van der Waals surface area contributed by atoms with Gasteiger partial charge in [-0.15, -0.1) is 0 Å². The molecule has 2 rings (SSSR count). The van der Waals surface area contributed by atoms with E-state index in [-0.39, 0.29) is 5.92 Å². The topological polar surface area (TPSA) is 51.8 Å². The van der Waals surface area contributed by atoms with Crippen molar-refractivity contribution in [2.45, 2.75) is 19.3 Å². The van der Waals surface area contributed by atoms with Gasteiger partial charge in [-0.3, -0.25) is 0 Å². The van der Waals surface area contributed by atoms with Crippen molar-refractivity contribution in [2.75, 3.05) is 6.54 Å². The molecular formula is C14H17N3. The van der Waals surface area contributed by atoms with Crippen molar-refractivity contribution >= 4 is 0 Å². The van der Waals surface area contributed by atoms with Crippen LogP contribution in [0.1, 0.15) is 29.8 Å². The average molecular weight is 227 g/mol. The third-order valence-electron chi connectivity index (χ3n) is 2.92. The van der Waals surface area contributed by atoms with Crippen LogP contribution in [0.5, 0.6) is 0 Å². The van der Waals surface area contributed by atoms with Crippen LogP contribution < -0.4 is 5.73 Å². The molecule has 0 spiro atoms. The number of benzene rings is 1. The standard InChI is InChI=1S/C14H17N3/c1-2-11-4-6-12(7-5-11)13(10-15)14-16-8-3-9-17-14/h3-9,13H,2,10,15H2,1H3. The van der Waals surface area contributed by atoms with Crippen LogP contribution in [0.3, 0.4) is 0 Å². The number of aromatic nitrogens is 2. The summed E-state index contributed by atoms with van der Waals surface area (Å²) in [4.78, 5) is 8.56. The molecule has 0 aliphatic rings. The Morgan fingerprint density at radius 3 is 2.29 bits per heavy atom. The van der Waals surface area contributed by atoms with E-state index in [1.54, 1.807) is 12.4 Å². The molecule has 1 aromatic carbocycles. The second-order valence-electron chi connectivity index (χ2n) is 3.99. The Morgan fingerprint density at radius 1 is 1.12 bits per heavy atom. The predicted molar refractivity (Wildman–Crippen MR) is 68.7 cm³/mol. The molecule has 0 amide bonds. The van der Waals surface area contributed by atoms with Crippen molar-refractivity contribution in [2.24, 2.45) is 5.73 Å². The largest absolute Gasteiger partial charge is 0.329 e. The van der Waals surface area contributed by atoms with E-state index in [1.165, 1.54) is 11.1 Å². The zero-order valence-electron chi connectivity index (χ0n) is 10.0. The molecule has 1 unspecified atom stereocenters. The van der Waals surface area contributed by atoms with Crippen molar-refractivity contribution in [3.63, 3.8) is 0 Å². The molecule has 2 N–H and O–H groups in total. The Morgan fingerprint density at radius 2 is 1.76 bits per heavy atom. The maximum Gasteiger partial charge on any atom is 0.136 e.